The van der Waals surface area contributed by atoms with E-state index < -0.39 is 11.0 Å². The molecule has 0 aromatic rings. The molecule has 0 aliphatic rings. The maximum atomic E-state index is 11.9. The Morgan fingerprint density at radius 3 is 2.27 bits per heavy atom. The molecule has 0 fully saturated rings. The van der Waals surface area contributed by atoms with Gasteiger partial charge in [-0.2, -0.15) is 5.26 Å². The highest BCUT2D eigenvalue weighted by Crippen LogP contribution is 2.27. The maximum absolute atomic E-state index is 11.9. The van der Waals surface area contributed by atoms with Crippen LogP contribution in [0.4, 0.5) is 0 Å². The molecule has 3 heteroatoms. The molecule has 0 heterocycles. The highest BCUT2D eigenvalue weighted by Gasteiger charge is 2.32. The van der Waals surface area contributed by atoms with Crippen molar-refractivity contribution in [1.82, 2.24) is 0 Å². The van der Waals surface area contributed by atoms with Gasteiger partial charge < -0.3 is 4.74 Å². The van der Waals surface area contributed by atoms with Crippen molar-refractivity contribution >= 4 is 5.78 Å². The molecule has 0 N–H and O–H groups in total. The zero-order valence-corrected chi connectivity index (χ0v) is 10.4. The number of nitriles is 1. The molecule has 0 spiro atoms. The monoisotopic (exact) mass is 211 g/mol. The number of carbonyl (C=O) groups excluding carboxylic acids is 1. The van der Waals surface area contributed by atoms with Gasteiger partial charge in [0.1, 0.15) is 5.78 Å². The lowest BCUT2D eigenvalue weighted by Gasteiger charge is -2.28. The Labute approximate surface area is 92.4 Å². The Hall–Kier alpha value is -0.880. The fourth-order valence-electron chi connectivity index (χ4n) is 1.36. The van der Waals surface area contributed by atoms with Gasteiger partial charge in [-0.05, 0) is 20.8 Å². The van der Waals surface area contributed by atoms with Gasteiger partial charge in [-0.15, -0.1) is 0 Å². The van der Waals surface area contributed by atoms with Crippen LogP contribution in [0, 0.1) is 16.7 Å². The van der Waals surface area contributed by atoms with Gasteiger partial charge in [-0.25, -0.2) is 0 Å². The third kappa shape index (κ3) is 4.94. The van der Waals surface area contributed by atoms with E-state index in [0.717, 1.165) is 0 Å². The average Bonchev–Trinajstić information content (AvgIpc) is 2.02. The summed E-state index contributed by atoms with van der Waals surface area (Å²) >= 11 is 0. The van der Waals surface area contributed by atoms with Gasteiger partial charge in [0.15, 0.2) is 0 Å². The van der Waals surface area contributed by atoms with Gasteiger partial charge in [0.2, 0.25) is 0 Å². The summed E-state index contributed by atoms with van der Waals surface area (Å²) in [6, 6.07) is 2.04. The van der Waals surface area contributed by atoms with Crippen LogP contribution in [0.15, 0.2) is 0 Å². The molecule has 0 unspecified atom stereocenters. The molecule has 0 aromatic heterocycles. The highest BCUT2D eigenvalue weighted by molar-refractivity contribution is 5.85. The number of hydrogen-bond acceptors (Lipinski definition) is 3. The van der Waals surface area contributed by atoms with Crippen molar-refractivity contribution in [1.29, 1.82) is 5.26 Å². The second kappa shape index (κ2) is 5.27. The fraction of sp³-hybridized carbons (Fsp3) is 0.833. The fourth-order valence-corrected chi connectivity index (χ4v) is 1.36. The molecule has 0 saturated carbocycles. The molecule has 86 valence electrons. The first-order chi connectivity index (χ1) is 6.75. The first-order valence-corrected chi connectivity index (χ1v) is 5.29. The van der Waals surface area contributed by atoms with E-state index in [-0.39, 0.29) is 12.2 Å². The van der Waals surface area contributed by atoms with Crippen LogP contribution in [0.3, 0.4) is 0 Å². The second-order valence-electron chi connectivity index (χ2n) is 5.01. The average molecular weight is 211 g/mol. The maximum Gasteiger partial charge on any atom is 0.142 e. The predicted molar refractivity (Wildman–Crippen MR) is 59.3 cm³/mol. The smallest absolute Gasteiger partial charge is 0.142 e. The Bertz CT molecular complexity index is 261. The Morgan fingerprint density at radius 1 is 1.33 bits per heavy atom. The van der Waals surface area contributed by atoms with E-state index in [4.69, 9.17) is 10.00 Å². The summed E-state index contributed by atoms with van der Waals surface area (Å²) in [5, 5.41) is 8.62. The van der Waals surface area contributed by atoms with E-state index in [9.17, 15) is 4.79 Å². The molecule has 0 bridgehead atoms. The molecule has 0 rings (SSSR count). The minimum absolute atomic E-state index is 0.0856. The number of rotatable bonds is 6. The van der Waals surface area contributed by atoms with Crippen LogP contribution in [-0.2, 0) is 9.53 Å². The molecule has 0 atom stereocenters. The van der Waals surface area contributed by atoms with Gasteiger partial charge in [0, 0.05) is 24.9 Å². The molecule has 0 saturated heterocycles. The largest absolute Gasteiger partial charge is 0.375 e. The van der Waals surface area contributed by atoms with E-state index >= 15 is 0 Å². The summed E-state index contributed by atoms with van der Waals surface area (Å²) in [6.07, 6.45) is 0.615. The van der Waals surface area contributed by atoms with Gasteiger partial charge in [-0.3, -0.25) is 4.79 Å². The first kappa shape index (κ1) is 14.1. The van der Waals surface area contributed by atoms with Crippen molar-refractivity contribution in [2.45, 2.75) is 53.1 Å². The number of ether oxygens (including phenoxy) is 1. The quantitative estimate of drug-likeness (QED) is 0.678. The topological polar surface area (TPSA) is 50.1 Å². The summed E-state index contributed by atoms with van der Waals surface area (Å²) in [5.74, 6) is 0.0856. The number of ketones is 1. The van der Waals surface area contributed by atoms with Gasteiger partial charge in [0.05, 0.1) is 11.7 Å². The first-order valence-electron chi connectivity index (χ1n) is 5.29. The molecule has 15 heavy (non-hydrogen) atoms. The predicted octanol–water partition coefficient (Wildman–Crippen LogP) is 2.70. The van der Waals surface area contributed by atoms with Gasteiger partial charge in [-0.1, -0.05) is 13.8 Å². The Morgan fingerprint density at radius 2 is 1.87 bits per heavy atom. The van der Waals surface area contributed by atoms with Gasteiger partial charge >= 0.3 is 0 Å². The molecular formula is C12H21NO2. The van der Waals surface area contributed by atoms with E-state index in [1.165, 1.54) is 0 Å². The minimum Gasteiger partial charge on any atom is -0.375 e. The second-order valence-corrected chi connectivity index (χ2v) is 5.01. The summed E-state index contributed by atoms with van der Waals surface area (Å²) in [4.78, 5) is 11.9. The lowest BCUT2D eigenvalue weighted by Crippen LogP contribution is -2.34. The van der Waals surface area contributed by atoms with Crippen molar-refractivity contribution in [3.63, 3.8) is 0 Å². The summed E-state index contributed by atoms with van der Waals surface area (Å²) in [6.45, 7) is 9.92. The van der Waals surface area contributed by atoms with Crippen LogP contribution < -0.4 is 0 Å². The van der Waals surface area contributed by atoms with Gasteiger partial charge in [0.25, 0.3) is 0 Å². The molecule has 0 radical (unpaired) electrons. The number of Topliss-reactive ketones (excluding diaryl/α,β-unsaturated/α-hetero) is 1. The zero-order chi connectivity index (χ0) is 12.1. The SMILES string of the molecule is CCOC(C)(C)CC(=O)C(C)(C)CC#N. The third-order valence-electron chi connectivity index (χ3n) is 2.40. The Kier molecular flexibility index (Phi) is 4.96. The molecular weight excluding hydrogens is 190 g/mol. The van der Waals surface area contributed by atoms with Crippen LogP contribution in [-0.4, -0.2) is 18.0 Å². The van der Waals surface area contributed by atoms with Crippen LogP contribution in [0.2, 0.25) is 0 Å². The van der Waals surface area contributed by atoms with Crippen molar-refractivity contribution in [2.24, 2.45) is 5.41 Å². The molecule has 0 aliphatic carbocycles. The zero-order valence-electron chi connectivity index (χ0n) is 10.4. The normalized spacial score (nSPS) is 12.3. The summed E-state index contributed by atoms with van der Waals surface area (Å²) in [5.41, 5.74) is -0.998. The standard InChI is InChI=1S/C12H21NO2/c1-6-15-12(4,5)9-10(14)11(2,3)7-8-13/h6-7,9H2,1-5H3. The van der Waals surface area contributed by atoms with Crippen LogP contribution in [0.5, 0.6) is 0 Å². The number of hydrogen-bond donors (Lipinski definition) is 0. The third-order valence-corrected chi connectivity index (χ3v) is 2.40. The van der Waals surface area contributed by atoms with E-state index in [0.29, 0.717) is 13.0 Å². The van der Waals surface area contributed by atoms with E-state index in [1.54, 1.807) is 13.8 Å². The Balaban J connectivity index is 4.43. The van der Waals surface area contributed by atoms with Crippen molar-refractivity contribution in [2.75, 3.05) is 6.61 Å². The van der Waals surface area contributed by atoms with Crippen molar-refractivity contribution < 1.29 is 9.53 Å². The van der Waals surface area contributed by atoms with E-state index in [1.807, 2.05) is 26.8 Å². The van der Waals surface area contributed by atoms with E-state index in [2.05, 4.69) is 0 Å². The molecule has 0 aliphatic heterocycles. The highest BCUT2D eigenvalue weighted by atomic mass is 16.5. The molecule has 0 amide bonds. The van der Waals surface area contributed by atoms with Crippen LogP contribution in [0.1, 0.15) is 47.5 Å². The number of carbonyl (C=O) groups is 1. The summed E-state index contributed by atoms with van der Waals surface area (Å²) < 4.78 is 5.47. The van der Waals surface area contributed by atoms with Crippen LogP contribution >= 0.6 is 0 Å². The molecule has 3 nitrogen and oxygen atoms in total. The molecule has 0 aromatic carbocycles. The van der Waals surface area contributed by atoms with Crippen molar-refractivity contribution in [3.8, 4) is 6.07 Å². The lowest BCUT2D eigenvalue weighted by atomic mass is 9.80. The van der Waals surface area contributed by atoms with Crippen LogP contribution in [0.25, 0.3) is 0 Å². The summed E-state index contributed by atoms with van der Waals surface area (Å²) in [7, 11) is 0. The van der Waals surface area contributed by atoms with Crippen molar-refractivity contribution in [3.05, 3.63) is 0 Å². The minimum atomic E-state index is -0.566. The lowest BCUT2D eigenvalue weighted by molar-refractivity contribution is -0.133. The number of nitrogens with zero attached hydrogens (tertiary/aromatic N) is 1.